The molecule has 4 rings (SSSR count). The van der Waals surface area contributed by atoms with E-state index >= 15 is 0 Å². The van der Waals surface area contributed by atoms with Crippen LogP contribution in [0.25, 0.3) is 6.08 Å². The van der Waals surface area contributed by atoms with Crippen molar-refractivity contribution in [1.82, 2.24) is 9.80 Å². The lowest BCUT2D eigenvalue weighted by Gasteiger charge is -2.33. The van der Waals surface area contributed by atoms with E-state index < -0.39 is 0 Å². The van der Waals surface area contributed by atoms with Gasteiger partial charge in [0.2, 0.25) is 5.91 Å². The van der Waals surface area contributed by atoms with Crippen LogP contribution in [-0.2, 0) is 11.4 Å². The summed E-state index contributed by atoms with van der Waals surface area (Å²) in [6, 6.07) is 21.0. The Morgan fingerprint density at radius 3 is 2.36 bits per heavy atom. The number of hydrogen-bond acceptors (Lipinski definition) is 5. The molecule has 186 valence electrons. The summed E-state index contributed by atoms with van der Waals surface area (Å²) in [5, 5.41) is 0. The predicted molar refractivity (Wildman–Crippen MR) is 137 cm³/mol. The molecule has 1 aliphatic rings. The van der Waals surface area contributed by atoms with E-state index in [1.54, 1.807) is 47.4 Å². The fourth-order valence-corrected chi connectivity index (χ4v) is 4.00. The maximum atomic E-state index is 13.8. The third kappa shape index (κ3) is 6.58. The molecule has 0 radical (unpaired) electrons. The fraction of sp³-hybridized carbons (Fsp3) is 0.241. The van der Waals surface area contributed by atoms with Crippen LogP contribution in [-0.4, -0.2) is 61.3 Å². The first kappa shape index (κ1) is 25.1. The van der Waals surface area contributed by atoms with Gasteiger partial charge in [0.25, 0.3) is 0 Å². The van der Waals surface area contributed by atoms with Gasteiger partial charge in [-0.25, -0.2) is 4.39 Å². The standard InChI is InChI=1S/C29H29FN2O4/c1-35-28-19-22(11-13-27(28)36-21-24-9-5-6-10-25(24)30)12-14-29(34)32-17-15-31(16-18-32)20-26(33)23-7-3-2-4-8-23/h2-14,19H,15-18,20-21H2,1H3/b14-12+. The third-order valence-corrected chi connectivity index (χ3v) is 6.09. The minimum absolute atomic E-state index is 0.0807. The second-order valence-corrected chi connectivity index (χ2v) is 8.51. The number of halogens is 1. The highest BCUT2D eigenvalue weighted by molar-refractivity contribution is 5.97. The number of ketones is 1. The molecule has 3 aromatic rings. The normalized spacial score (nSPS) is 14.1. The largest absolute Gasteiger partial charge is 0.493 e. The molecule has 0 N–H and O–H groups in total. The summed E-state index contributed by atoms with van der Waals surface area (Å²) in [4.78, 5) is 29.0. The summed E-state index contributed by atoms with van der Waals surface area (Å²) in [5.41, 5.74) is 1.95. The van der Waals surface area contributed by atoms with E-state index in [1.807, 2.05) is 36.4 Å². The molecule has 1 aliphatic heterocycles. The molecule has 0 aromatic heterocycles. The van der Waals surface area contributed by atoms with Crippen LogP contribution in [0.3, 0.4) is 0 Å². The molecule has 0 bridgehead atoms. The first-order valence-electron chi connectivity index (χ1n) is 11.9. The number of carbonyl (C=O) groups excluding carboxylic acids is 2. The molecule has 0 spiro atoms. The minimum Gasteiger partial charge on any atom is -0.493 e. The summed E-state index contributed by atoms with van der Waals surface area (Å²) in [6.07, 6.45) is 3.27. The van der Waals surface area contributed by atoms with E-state index in [1.165, 1.54) is 13.2 Å². The summed E-state index contributed by atoms with van der Waals surface area (Å²) < 4.78 is 25.0. The van der Waals surface area contributed by atoms with E-state index in [4.69, 9.17) is 9.47 Å². The molecule has 1 amide bonds. The Kier molecular flexibility index (Phi) is 8.47. The van der Waals surface area contributed by atoms with Crippen LogP contribution in [0.5, 0.6) is 11.5 Å². The molecule has 1 fully saturated rings. The van der Waals surface area contributed by atoms with E-state index in [0.717, 1.165) is 5.56 Å². The van der Waals surface area contributed by atoms with Gasteiger partial charge in [-0.05, 0) is 29.8 Å². The van der Waals surface area contributed by atoms with E-state index in [0.29, 0.717) is 55.3 Å². The first-order valence-corrected chi connectivity index (χ1v) is 11.9. The summed E-state index contributed by atoms with van der Waals surface area (Å²) >= 11 is 0. The molecule has 6 nitrogen and oxygen atoms in total. The lowest BCUT2D eigenvalue weighted by Crippen LogP contribution is -2.49. The van der Waals surface area contributed by atoms with Gasteiger partial charge in [0.15, 0.2) is 17.3 Å². The maximum absolute atomic E-state index is 13.8. The fourth-order valence-electron chi connectivity index (χ4n) is 4.00. The van der Waals surface area contributed by atoms with Crippen LogP contribution in [0.2, 0.25) is 0 Å². The van der Waals surface area contributed by atoms with Gasteiger partial charge in [0.05, 0.1) is 13.7 Å². The van der Waals surface area contributed by atoms with E-state index in [9.17, 15) is 14.0 Å². The number of hydrogen-bond donors (Lipinski definition) is 0. The monoisotopic (exact) mass is 488 g/mol. The number of amides is 1. The minimum atomic E-state index is -0.321. The number of carbonyl (C=O) groups is 2. The van der Waals surface area contributed by atoms with Gasteiger partial charge in [0, 0.05) is 43.4 Å². The molecule has 1 saturated heterocycles. The van der Waals surface area contributed by atoms with Crippen molar-refractivity contribution in [3.05, 3.63) is 101 Å². The van der Waals surface area contributed by atoms with Crippen LogP contribution in [0.4, 0.5) is 4.39 Å². The summed E-state index contributed by atoms with van der Waals surface area (Å²) in [7, 11) is 1.53. The van der Waals surface area contributed by atoms with Crippen molar-refractivity contribution < 1.29 is 23.5 Å². The van der Waals surface area contributed by atoms with Gasteiger partial charge in [-0.1, -0.05) is 54.6 Å². The Morgan fingerprint density at radius 1 is 0.917 bits per heavy atom. The van der Waals surface area contributed by atoms with Crippen LogP contribution in [0, 0.1) is 5.82 Å². The van der Waals surface area contributed by atoms with Crippen molar-refractivity contribution in [3.63, 3.8) is 0 Å². The molecule has 7 heteroatoms. The van der Waals surface area contributed by atoms with Gasteiger partial charge >= 0.3 is 0 Å². The van der Waals surface area contributed by atoms with E-state index in [-0.39, 0.29) is 24.1 Å². The van der Waals surface area contributed by atoms with Crippen molar-refractivity contribution >= 4 is 17.8 Å². The second kappa shape index (κ2) is 12.1. The van der Waals surface area contributed by atoms with Gasteiger partial charge in [0.1, 0.15) is 12.4 Å². The number of Topliss-reactive ketones (excluding diaryl/α,β-unsaturated/α-hetero) is 1. The predicted octanol–water partition coefficient (Wildman–Crippen LogP) is 4.45. The number of ether oxygens (including phenoxy) is 2. The van der Waals surface area contributed by atoms with Gasteiger partial charge in [-0.2, -0.15) is 0 Å². The van der Waals surface area contributed by atoms with Crippen LogP contribution >= 0.6 is 0 Å². The molecule has 0 aliphatic carbocycles. The molecule has 36 heavy (non-hydrogen) atoms. The topological polar surface area (TPSA) is 59.1 Å². The molecule has 0 atom stereocenters. The Morgan fingerprint density at radius 2 is 1.64 bits per heavy atom. The van der Waals surface area contributed by atoms with Crippen molar-refractivity contribution in [2.75, 3.05) is 39.8 Å². The lowest BCUT2D eigenvalue weighted by molar-refractivity contribution is -0.127. The molecular formula is C29H29FN2O4. The zero-order valence-electron chi connectivity index (χ0n) is 20.2. The highest BCUT2D eigenvalue weighted by Crippen LogP contribution is 2.29. The smallest absolute Gasteiger partial charge is 0.246 e. The number of rotatable bonds is 9. The zero-order chi connectivity index (χ0) is 25.3. The molecule has 1 heterocycles. The second-order valence-electron chi connectivity index (χ2n) is 8.51. The highest BCUT2D eigenvalue weighted by Gasteiger charge is 2.21. The van der Waals surface area contributed by atoms with Crippen molar-refractivity contribution in [2.24, 2.45) is 0 Å². The summed E-state index contributed by atoms with van der Waals surface area (Å²) in [6.45, 7) is 2.88. The molecule has 0 unspecified atom stereocenters. The summed E-state index contributed by atoms with van der Waals surface area (Å²) in [5.74, 6) is 0.676. The number of piperazine rings is 1. The average Bonchev–Trinajstić information content (AvgIpc) is 2.92. The van der Waals surface area contributed by atoms with Gasteiger partial charge in [-0.3, -0.25) is 14.5 Å². The maximum Gasteiger partial charge on any atom is 0.246 e. The lowest BCUT2D eigenvalue weighted by atomic mass is 10.1. The third-order valence-electron chi connectivity index (χ3n) is 6.09. The molecule has 3 aromatic carbocycles. The Labute approximate surface area is 210 Å². The van der Waals surface area contributed by atoms with E-state index in [2.05, 4.69) is 4.90 Å². The van der Waals surface area contributed by atoms with Crippen molar-refractivity contribution in [3.8, 4) is 11.5 Å². The van der Waals surface area contributed by atoms with Crippen LogP contribution in [0.15, 0.2) is 78.9 Å². The van der Waals surface area contributed by atoms with Crippen molar-refractivity contribution in [2.45, 2.75) is 6.61 Å². The van der Waals surface area contributed by atoms with Gasteiger partial charge < -0.3 is 14.4 Å². The number of methoxy groups -OCH3 is 1. The highest BCUT2D eigenvalue weighted by atomic mass is 19.1. The Bertz CT molecular complexity index is 1220. The Balaban J connectivity index is 1.29. The van der Waals surface area contributed by atoms with Crippen LogP contribution < -0.4 is 9.47 Å². The van der Waals surface area contributed by atoms with Crippen LogP contribution in [0.1, 0.15) is 21.5 Å². The quantitative estimate of drug-likeness (QED) is 0.329. The molecular weight excluding hydrogens is 459 g/mol. The SMILES string of the molecule is COc1cc(/C=C/C(=O)N2CCN(CC(=O)c3ccccc3)CC2)ccc1OCc1ccccc1F. The zero-order valence-corrected chi connectivity index (χ0v) is 20.2. The number of benzene rings is 3. The van der Waals surface area contributed by atoms with Crippen molar-refractivity contribution in [1.29, 1.82) is 0 Å². The number of nitrogens with zero attached hydrogens (tertiary/aromatic N) is 2. The van der Waals surface area contributed by atoms with Gasteiger partial charge in [-0.15, -0.1) is 0 Å². The first-order chi connectivity index (χ1) is 17.5. The average molecular weight is 489 g/mol. The molecule has 0 saturated carbocycles. The Hall–Kier alpha value is -3.97.